The average Bonchev–Trinajstić information content (AvgIpc) is 3.15. The molecule has 3 aromatic carbocycles. The van der Waals surface area contributed by atoms with Crippen molar-refractivity contribution in [2.75, 3.05) is 5.32 Å². The number of hydrogen-bond acceptors (Lipinski definition) is 4. The van der Waals surface area contributed by atoms with E-state index in [4.69, 9.17) is 23.8 Å². The summed E-state index contributed by atoms with van der Waals surface area (Å²) >= 11 is 13.0. The van der Waals surface area contributed by atoms with Crippen LogP contribution in [-0.2, 0) is 6.54 Å². The fraction of sp³-hybridized carbons (Fsp3) is 0.0417. The summed E-state index contributed by atoms with van der Waals surface area (Å²) in [6.45, 7) is 0.402. The molecule has 32 heavy (non-hydrogen) atoms. The molecule has 0 spiro atoms. The Balaban J connectivity index is 1.43. The number of rotatable bonds is 5. The molecular weight excluding hydrogens is 462 g/mol. The van der Waals surface area contributed by atoms with Crippen molar-refractivity contribution in [1.82, 2.24) is 10.6 Å². The highest BCUT2D eigenvalue weighted by Gasteiger charge is 2.19. The summed E-state index contributed by atoms with van der Waals surface area (Å²) in [5.74, 6) is -0.654. The van der Waals surface area contributed by atoms with E-state index in [0.29, 0.717) is 27.7 Å². The summed E-state index contributed by atoms with van der Waals surface area (Å²) in [5.41, 5.74) is 1.90. The van der Waals surface area contributed by atoms with Crippen LogP contribution in [0.5, 0.6) is 0 Å². The molecule has 160 valence electrons. The molecule has 4 aromatic rings. The molecule has 1 aromatic heterocycles. The summed E-state index contributed by atoms with van der Waals surface area (Å²) in [4.78, 5) is 25.8. The number of thiocarbonyl (C=S) groups is 1. The fourth-order valence-corrected chi connectivity index (χ4v) is 4.75. The minimum Gasteiger partial charge on any atom is -0.348 e. The van der Waals surface area contributed by atoms with Crippen LogP contribution in [-0.4, -0.2) is 16.9 Å². The maximum absolute atomic E-state index is 12.7. The van der Waals surface area contributed by atoms with Crippen molar-refractivity contribution < 1.29 is 9.59 Å². The Hall–Kier alpha value is -3.26. The monoisotopic (exact) mass is 479 g/mol. The van der Waals surface area contributed by atoms with E-state index in [1.54, 1.807) is 24.3 Å². The lowest BCUT2D eigenvalue weighted by molar-refractivity contribution is 0.0950. The predicted molar refractivity (Wildman–Crippen MR) is 135 cm³/mol. The molecule has 5 nitrogen and oxygen atoms in total. The molecule has 8 heteroatoms. The van der Waals surface area contributed by atoms with Gasteiger partial charge in [-0.15, -0.1) is 11.3 Å². The largest absolute Gasteiger partial charge is 0.348 e. The van der Waals surface area contributed by atoms with Gasteiger partial charge >= 0.3 is 0 Å². The second-order valence-corrected chi connectivity index (χ2v) is 8.70. The van der Waals surface area contributed by atoms with E-state index in [0.717, 1.165) is 15.6 Å². The maximum atomic E-state index is 12.7. The van der Waals surface area contributed by atoms with Gasteiger partial charge in [0.25, 0.3) is 11.8 Å². The number of carbonyl (C=O) groups excluding carboxylic acids is 2. The summed E-state index contributed by atoms with van der Waals surface area (Å²) in [7, 11) is 0. The minimum atomic E-state index is -0.403. The average molecular weight is 480 g/mol. The first kappa shape index (κ1) is 22.0. The van der Waals surface area contributed by atoms with Crippen LogP contribution in [0.15, 0.2) is 78.9 Å². The third-order valence-corrected chi connectivity index (χ3v) is 6.56. The highest BCUT2D eigenvalue weighted by molar-refractivity contribution is 7.80. The first-order chi connectivity index (χ1) is 15.5. The fourth-order valence-electron chi connectivity index (χ4n) is 3.14. The van der Waals surface area contributed by atoms with Gasteiger partial charge in [0.2, 0.25) is 0 Å². The Morgan fingerprint density at radius 3 is 2.34 bits per heavy atom. The van der Waals surface area contributed by atoms with E-state index in [-0.39, 0.29) is 11.0 Å². The van der Waals surface area contributed by atoms with Gasteiger partial charge in [-0.3, -0.25) is 14.9 Å². The molecule has 3 N–H and O–H groups in total. The number of thiophene rings is 1. The molecule has 0 saturated carbocycles. The molecule has 0 aliphatic rings. The van der Waals surface area contributed by atoms with Crippen LogP contribution in [0.1, 0.15) is 25.6 Å². The van der Waals surface area contributed by atoms with Crippen LogP contribution in [0, 0.1) is 0 Å². The van der Waals surface area contributed by atoms with Crippen LogP contribution in [0.2, 0.25) is 5.02 Å². The number of fused-ring (bicyclic) bond motifs is 1. The molecule has 1 heterocycles. The zero-order valence-corrected chi connectivity index (χ0v) is 19.1. The van der Waals surface area contributed by atoms with Crippen molar-refractivity contribution in [3.05, 3.63) is 99.9 Å². The summed E-state index contributed by atoms with van der Waals surface area (Å²) in [6.07, 6.45) is 0. The third-order valence-electron chi connectivity index (χ3n) is 4.68. The standard InChI is InChI=1S/C24H18ClN3O2S2/c25-20-17-11-5-7-13-19(17)32-21(20)23(30)28-24(31)27-18-12-6-4-10-16(18)22(29)26-14-15-8-2-1-3-9-15/h1-13H,14H2,(H,26,29)(H2,27,28,30,31). The SMILES string of the molecule is O=C(NCc1ccccc1)c1ccccc1NC(=S)NC(=O)c1sc2ccccc2c1Cl. The maximum Gasteiger partial charge on any atom is 0.269 e. The molecule has 0 unspecified atom stereocenters. The molecule has 0 saturated heterocycles. The van der Waals surface area contributed by atoms with Gasteiger partial charge in [0.1, 0.15) is 4.88 Å². The zero-order chi connectivity index (χ0) is 22.5. The summed E-state index contributed by atoms with van der Waals surface area (Å²) in [6, 6.07) is 24.1. The molecule has 0 bridgehead atoms. The van der Waals surface area contributed by atoms with Crippen molar-refractivity contribution in [3.63, 3.8) is 0 Å². The van der Waals surface area contributed by atoms with Crippen LogP contribution < -0.4 is 16.0 Å². The summed E-state index contributed by atoms with van der Waals surface area (Å²) in [5, 5.41) is 9.78. The van der Waals surface area contributed by atoms with Gasteiger partial charge in [-0.05, 0) is 36.0 Å². The van der Waals surface area contributed by atoms with Crippen LogP contribution in [0.3, 0.4) is 0 Å². The molecule has 0 fully saturated rings. The molecule has 0 radical (unpaired) electrons. The van der Waals surface area contributed by atoms with Gasteiger partial charge in [0, 0.05) is 16.6 Å². The minimum absolute atomic E-state index is 0.0758. The topological polar surface area (TPSA) is 70.2 Å². The summed E-state index contributed by atoms with van der Waals surface area (Å²) < 4.78 is 0.918. The van der Waals surface area contributed by atoms with Gasteiger partial charge in [0.05, 0.1) is 16.3 Å². The van der Waals surface area contributed by atoms with Crippen molar-refractivity contribution in [2.24, 2.45) is 0 Å². The molecule has 0 atom stereocenters. The van der Waals surface area contributed by atoms with E-state index in [2.05, 4.69) is 16.0 Å². The van der Waals surface area contributed by atoms with Gasteiger partial charge in [-0.2, -0.15) is 0 Å². The number of benzene rings is 3. The van der Waals surface area contributed by atoms with Crippen LogP contribution >= 0.6 is 35.2 Å². The Labute approximate surface area is 199 Å². The van der Waals surface area contributed by atoms with Gasteiger partial charge < -0.3 is 10.6 Å². The van der Waals surface area contributed by atoms with Crippen molar-refractivity contribution >= 4 is 67.9 Å². The first-order valence-electron chi connectivity index (χ1n) is 9.73. The third kappa shape index (κ3) is 4.96. The lowest BCUT2D eigenvalue weighted by atomic mass is 10.1. The van der Waals surface area contributed by atoms with E-state index < -0.39 is 5.91 Å². The number of amides is 2. The quantitative estimate of drug-likeness (QED) is 0.325. The zero-order valence-electron chi connectivity index (χ0n) is 16.7. The van der Waals surface area contributed by atoms with Gasteiger partial charge in [-0.1, -0.05) is 72.3 Å². The van der Waals surface area contributed by atoms with E-state index in [1.807, 2.05) is 54.6 Å². The van der Waals surface area contributed by atoms with Crippen LogP contribution in [0.4, 0.5) is 5.69 Å². The normalized spacial score (nSPS) is 10.5. The smallest absolute Gasteiger partial charge is 0.269 e. The first-order valence-corrected chi connectivity index (χ1v) is 11.3. The molecule has 0 aliphatic heterocycles. The Kier molecular flexibility index (Phi) is 6.80. The van der Waals surface area contributed by atoms with Crippen molar-refractivity contribution in [1.29, 1.82) is 0 Å². The van der Waals surface area contributed by atoms with Gasteiger partial charge in [0.15, 0.2) is 5.11 Å². The lowest BCUT2D eigenvalue weighted by Crippen LogP contribution is -2.34. The highest BCUT2D eigenvalue weighted by Crippen LogP contribution is 2.35. The van der Waals surface area contributed by atoms with E-state index >= 15 is 0 Å². The molecule has 2 amide bonds. The number of halogens is 1. The van der Waals surface area contributed by atoms with Crippen LogP contribution in [0.25, 0.3) is 10.1 Å². The number of nitrogens with one attached hydrogen (secondary N) is 3. The second-order valence-electron chi connectivity index (χ2n) is 6.86. The van der Waals surface area contributed by atoms with E-state index in [1.165, 1.54) is 11.3 Å². The Morgan fingerprint density at radius 1 is 0.875 bits per heavy atom. The number of para-hydroxylation sites is 1. The van der Waals surface area contributed by atoms with Crippen molar-refractivity contribution in [2.45, 2.75) is 6.54 Å². The Morgan fingerprint density at radius 2 is 1.56 bits per heavy atom. The molecule has 4 rings (SSSR count). The predicted octanol–water partition coefficient (Wildman–Crippen LogP) is 5.61. The van der Waals surface area contributed by atoms with Crippen molar-refractivity contribution in [3.8, 4) is 0 Å². The van der Waals surface area contributed by atoms with Gasteiger partial charge in [-0.25, -0.2) is 0 Å². The molecular formula is C24H18ClN3O2S2. The molecule has 0 aliphatic carbocycles. The lowest BCUT2D eigenvalue weighted by Gasteiger charge is -2.13. The Bertz CT molecular complexity index is 1310. The number of carbonyl (C=O) groups is 2. The highest BCUT2D eigenvalue weighted by atomic mass is 35.5. The number of anilines is 1. The second kappa shape index (κ2) is 9.91. The number of hydrogen-bond donors (Lipinski definition) is 3. The van der Waals surface area contributed by atoms with E-state index in [9.17, 15) is 9.59 Å².